The summed E-state index contributed by atoms with van der Waals surface area (Å²) >= 11 is 0. The second kappa shape index (κ2) is 15.1. The van der Waals surface area contributed by atoms with Crippen LogP contribution in [0.2, 0.25) is 0 Å². The summed E-state index contributed by atoms with van der Waals surface area (Å²) in [6, 6.07) is 15.7. The zero-order chi connectivity index (χ0) is 37.4. The number of benzene rings is 3. The third kappa shape index (κ3) is 7.50. The number of methoxy groups -OCH3 is 2. The fourth-order valence-corrected chi connectivity index (χ4v) is 8.86. The second-order valence-electron chi connectivity index (χ2n) is 15.8. The molecule has 4 fully saturated rings. The molecule has 8 rings (SSSR count). The molecule has 53 heavy (non-hydrogen) atoms. The van der Waals surface area contributed by atoms with Gasteiger partial charge in [-0.3, -0.25) is 9.36 Å². The number of aryl methyl sites for hydroxylation is 3. The molecule has 3 aromatic carbocycles. The summed E-state index contributed by atoms with van der Waals surface area (Å²) in [7, 11) is 2.99. The number of nitrogens with one attached hydrogen (secondary N) is 2. The Kier molecular flexibility index (Phi) is 10.5. The van der Waals surface area contributed by atoms with Gasteiger partial charge in [-0.25, -0.2) is 18.8 Å². The zero-order valence-corrected chi connectivity index (χ0v) is 31.7. The minimum absolute atomic E-state index is 0.210. The van der Waals surface area contributed by atoms with E-state index < -0.39 is 5.82 Å². The normalized spacial score (nSPS) is 23.8. The molecule has 0 amide bonds. The monoisotopic (exact) mass is 726 g/mol. The molecule has 0 radical (unpaired) electrons. The Balaban J connectivity index is 1.21. The number of fused-ring (bicyclic) bond motifs is 3. The van der Waals surface area contributed by atoms with E-state index in [1.54, 1.807) is 28.8 Å². The molecule has 2 bridgehead atoms. The molecule has 3 saturated carbocycles. The number of hydrogen-bond acceptors (Lipinski definition) is 6. The maximum absolute atomic E-state index is 15.0. The number of halogens is 2. The first-order valence-electron chi connectivity index (χ1n) is 19.0. The van der Waals surface area contributed by atoms with Crippen molar-refractivity contribution in [2.75, 3.05) is 39.2 Å². The number of ether oxygens (including phenoxy) is 2. The van der Waals surface area contributed by atoms with Crippen molar-refractivity contribution in [2.45, 2.75) is 78.4 Å². The van der Waals surface area contributed by atoms with Gasteiger partial charge >= 0.3 is 0 Å². The number of rotatable bonds is 10. The molecule has 4 aliphatic rings. The molecule has 1 aromatic heterocycles. The standard InChI is InChI=1S/C42H52F2N6O3/c1-25-24-49(18-16-45-25)41(48-37-20-29-19-34(26(37)2)42(29,3)4)46-30-10-13-33-38(21-30)47-39(14-9-27-7-11-31(52-5)22-35(27)43)50(40(33)51)17-15-28-8-12-32(53-6)23-36(28)44/h7-8,10-13,21-23,25-26,29,34,37,45H,9,14-20,24H2,1-6H3,(H,46,48)/t25-,26+,29-,34-,37?/m0/s1. The van der Waals surface area contributed by atoms with Crippen molar-refractivity contribution in [1.29, 1.82) is 0 Å². The van der Waals surface area contributed by atoms with Crippen molar-refractivity contribution in [2.24, 2.45) is 28.2 Å². The van der Waals surface area contributed by atoms with Crippen molar-refractivity contribution in [3.63, 3.8) is 0 Å². The van der Waals surface area contributed by atoms with Crippen LogP contribution in [0.4, 0.5) is 14.5 Å². The van der Waals surface area contributed by atoms with E-state index in [-0.39, 0.29) is 30.4 Å². The van der Waals surface area contributed by atoms with Crippen LogP contribution in [0.15, 0.2) is 64.4 Å². The van der Waals surface area contributed by atoms with E-state index in [9.17, 15) is 9.18 Å². The first-order chi connectivity index (χ1) is 25.4. The molecule has 5 atom stereocenters. The van der Waals surface area contributed by atoms with Crippen molar-refractivity contribution in [3.05, 3.63) is 93.5 Å². The number of aliphatic imine (C=N–C) groups is 1. The molecule has 1 aliphatic heterocycles. The predicted molar refractivity (Wildman–Crippen MR) is 206 cm³/mol. The van der Waals surface area contributed by atoms with Gasteiger partial charge in [-0.05, 0) is 97.2 Å². The quantitative estimate of drug-likeness (QED) is 0.136. The summed E-state index contributed by atoms with van der Waals surface area (Å²) in [6.45, 7) is 12.1. The van der Waals surface area contributed by atoms with Gasteiger partial charge < -0.3 is 25.0 Å². The van der Waals surface area contributed by atoms with Crippen LogP contribution >= 0.6 is 0 Å². The average molecular weight is 727 g/mol. The van der Waals surface area contributed by atoms with Crippen LogP contribution in [0.3, 0.4) is 0 Å². The van der Waals surface area contributed by atoms with Crippen LogP contribution in [0.5, 0.6) is 11.5 Å². The van der Waals surface area contributed by atoms with Crippen molar-refractivity contribution in [1.82, 2.24) is 19.8 Å². The molecule has 4 aromatic rings. The number of guanidine groups is 1. The molecule has 1 saturated heterocycles. The molecule has 282 valence electrons. The third-order valence-electron chi connectivity index (χ3n) is 12.3. The highest BCUT2D eigenvalue weighted by molar-refractivity contribution is 5.96. The van der Waals surface area contributed by atoms with Crippen LogP contribution < -0.4 is 25.7 Å². The van der Waals surface area contributed by atoms with Crippen molar-refractivity contribution in [3.8, 4) is 11.5 Å². The van der Waals surface area contributed by atoms with Gasteiger partial charge in [-0.15, -0.1) is 0 Å². The Hall–Kier alpha value is -4.51. The fourth-order valence-electron chi connectivity index (χ4n) is 8.86. The van der Waals surface area contributed by atoms with Gasteiger partial charge in [0.1, 0.15) is 29.0 Å². The summed E-state index contributed by atoms with van der Waals surface area (Å²) < 4.78 is 41.9. The Morgan fingerprint density at radius 1 is 0.962 bits per heavy atom. The maximum Gasteiger partial charge on any atom is 0.261 e. The molecule has 2 N–H and O–H groups in total. The van der Waals surface area contributed by atoms with Crippen LogP contribution in [-0.2, 0) is 25.8 Å². The summed E-state index contributed by atoms with van der Waals surface area (Å²) in [5, 5.41) is 7.66. The topological polar surface area (TPSA) is 93.0 Å². The van der Waals surface area contributed by atoms with Crippen LogP contribution in [0.25, 0.3) is 10.9 Å². The van der Waals surface area contributed by atoms with E-state index in [0.717, 1.165) is 37.7 Å². The highest BCUT2D eigenvalue weighted by Crippen LogP contribution is 2.61. The summed E-state index contributed by atoms with van der Waals surface area (Å²) in [4.78, 5) is 27.0. The van der Waals surface area contributed by atoms with E-state index >= 15 is 4.39 Å². The highest BCUT2D eigenvalue weighted by Gasteiger charge is 2.56. The van der Waals surface area contributed by atoms with Crippen LogP contribution in [0, 0.1) is 34.8 Å². The van der Waals surface area contributed by atoms with Gasteiger partial charge in [0.25, 0.3) is 5.56 Å². The van der Waals surface area contributed by atoms with E-state index in [0.29, 0.717) is 81.4 Å². The Bertz CT molecular complexity index is 2060. The molecule has 1 unspecified atom stereocenters. The maximum atomic E-state index is 15.0. The Morgan fingerprint density at radius 3 is 2.28 bits per heavy atom. The number of anilines is 1. The number of piperazine rings is 1. The Morgan fingerprint density at radius 2 is 1.66 bits per heavy atom. The summed E-state index contributed by atoms with van der Waals surface area (Å²) in [5.74, 6) is 3.31. The van der Waals surface area contributed by atoms with Gasteiger partial charge in [0.2, 0.25) is 0 Å². The van der Waals surface area contributed by atoms with Gasteiger partial charge in [0.05, 0.1) is 31.2 Å². The van der Waals surface area contributed by atoms with Crippen LogP contribution in [-0.4, -0.2) is 66.3 Å². The highest BCUT2D eigenvalue weighted by atomic mass is 19.1. The fraction of sp³-hybridized carbons (Fsp3) is 0.500. The largest absolute Gasteiger partial charge is 0.497 e. The lowest BCUT2D eigenvalue weighted by Crippen LogP contribution is -2.57. The molecular formula is C42H52F2N6O3. The summed E-state index contributed by atoms with van der Waals surface area (Å²) in [5.41, 5.74) is 2.45. The van der Waals surface area contributed by atoms with E-state index in [4.69, 9.17) is 19.5 Å². The molecule has 9 nitrogen and oxygen atoms in total. The van der Waals surface area contributed by atoms with E-state index in [1.807, 2.05) is 18.2 Å². The zero-order valence-electron chi connectivity index (χ0n) is 31.7. The SMILES string of the molecule is COc1ccc(CCc2nc3cc(NC(=NC4C[C@@H]5C[C@@H]([C@H]4C)C5(C)C)N4CCN[C@@H](C)C4)ccc3c(=O)n2CCc2ccc(OC)cc2F)c(F)c1. The van der Waals surface area contributed by atoms with Gasteiger partial charge in [0.15, 0.2) is 5.96 Å². The van der Waals surface area contributed by atoms with Crippen molar-refractivity contribution < 1.29 is 18.3 Å². The van der Waals surface area contributed by atoms with Gasteiger partial charge in [0, 0.05) is 56.5 Å². The number of aromatic nitrogens is 2. The molecular weight excluding hydrogens is 674 g/mol. The minimum Gasteiger partial charge on any atom is -0.497 e. The predicted octanol–water partition coefficient (Wildman–Crippen LogP) is 6.85. The first-order valence-corrected chi connectivity index (χ1v) is 19.0. The van der Waals surface area contributed by atoms with Crippen LogP contribution in [0.1, 0.15) is 57.5 Å². The van der Waals surface area contributed by atoms with Gasteiger partial charge in [-0.1, -0.05) is 32.9 Å². The first kappa shape index (κ1) is 36.8. The molecule has 11 heteroatoms. The van der Waals surface area contributed by atoms with E-state index in [1.165, 1.54) is 32.8 Å². The molecule has 2 heterocycles. The lowest BCUT2D eigenvalue weighted by Gasteiger charge is -2.61. The molecule has 3 aliphatic carbocycles. The lowest BCUT2D eigenvalue weighted by atomic mass is 9.45. The van der Waals surface area contributed by atoms with Gasteiger partial charge in [-0.2, -0.15) is 0 Å². The Labute approximate surface area is 310 Å². The smallest absolute Gasteiger partial charge is 0.261 e. The van der Waals surface area contributed by atoms with E-state index in [2.05, 4.69) is 43.2 Å². The third-order valence-corrected chi connectivity index (χ3v) is 12.3. The average Bonchev–Trinajstić information content (AvgIpc) is 3.14. The number of nitrogens with zero attached hydrogens (tertiary/aromatic N) is 4. The summed E-state index contributed by atoms with van der Waals surface area (Å²) in [6.07, 6.45) is 3.28. The lowest BCUT2D eigenvalue weighted by molar-refractivity contribution is -0.108. The van der Waals surface area contributed by atoms with Crippen molar-refractivity contribution >= 4 is 22.5 Å². The number of hydrogen-bond donors (Lipinski definition) is 2. The second-order valence-corrected chi connectivity index (χ2v) is 15.8. The minimum atomic E-state index is -0.400. The molecule has 0 spiro atoms.